The van der Waals surface area contributed by atoms with Crippen LogP contribution in [0.4, 0.5) is 0 Å². The maximum absolute atomic E-state index is 3.83. The lowest BCUT2D eigenvalue weighted by Crippen LogP contribution is -2.49. The molecule has 15 heavy (non-hydrogen) atoms. The number of hydrogen-bond donors (Lipinski definition) is 1. The largest absolute Gasteiger partial charge is 0.309 e. The minimum Gasteiger partial charge on any atom is -0.309 e. The van der Waals surface area contributed by atoms with Gasteiger partial charge in [-0.05, 0) is 50.9 Å². The molecule has 0 amide bonds. The molecule has 0 aromatic carbocycles. The van der Waals surface area contributed by atoms with Crippen LogP contribution in [0, 0.1) is 11.3 Å². The number of rotatable bonds is 3. The minimum atomic E-state index is 0.303. The van der Waals surface area contributed by atoms with E-state index in [2.05, 4.69) is 46.9 Å². The summed E-state index contributed by atoms with van der Waals surface area (Å²) in [4.78, 5) is 0. The van der Waals surface area contributed by atoms with Gasteiger partial charge in [-0.2, -0.15) is 0 Å². The Hall–Kier alpha value is -0.0400. The Morgan fingerprint density at radius 3 is 2.33 bits per heavy atom. The average molecular weight is 211 g/mol. The summed E-state index contributed by atoms with van der Waals surface area (Å²) in [5, 5.41) is 3.83. The van der Waals surface area contributed by atoms with E-state index in [9.17, 15) is 0 Å². The van der Waals surface area contributed by atoms with Crippen LogP contribution in [-0.2, 0) is 0 Å². The molecule has 0 spiro atoms. The van der Waals surface area contributed by atoms with Gasteiger partial charge < -0.3 is 5.32 Å². The van der Waals surface area contributed by atoms with Gasteiger partial charge in [-0.1, -0.05) is 27.7 Å². The van der Waals surface area contributed by atoms with Crippen LogP contribution in [0.2, 0.25) is 0 Å². The SMILES string of the molecule is CCC(C)(C)NC1CC(C)CC(C)(C)C1. The van der Waals surface area contributed by atoms with Gasteiger partial charge in [0.25, 0.3) is 0 Å². The monoisotopic (exact) mass is 211 g/mol. The van der Waals surface area contributed by atoms with Crippen molar-refractivity contribution in [1.82, 2.24) is 5.32 Å². The van der Waals surface area contributed by atoms with Gasteiger partial charge in [0.05, 0.1) is 0 Å². The molecule has 0 aromatic rings. The van der Waals surface area contributed by atoms with Crippen molar-refractivity contribution in [2.45, 2.75) is 78.8 Å². The molecule has 0 bridgehead atoms. The summed E-state index contributed by atoms with van der Waals surface area (Å²) in [6.45, 7) is 14.1. The average Bonchev–Trinajstić information content (AvgIpc) is 1.99. The Morgan fingerprint density at radius 2 is 1.87 bits per heavy atom. The van der Waals surface area contributed by atoms with E-state index >= 15 is 0 Å². The molecule has 1 N–H and O–H groups in total. The van der Waals surface area contributed by atoms with Crippen molar-refractivity contribution in [2.24, 2.45) is 11.3 Å². The van der Waals surface area contributed by atoms with Gasteiger partial charge in [-0.3, -0.25) is 0 Å². The molecule has 1 aliphatic carbocycles. The highest BCUT2D eigenvalue weighted by Gasteiger charge is 2.33. The molecule has 1 saturated carbocycles. The lowest BCUT2D eigenvalue weighted by Gasteiger charge is -2.42. The highest BCUT2D eigenvalue weighted by molar-refractivity contribution is 4.90. The molecule has 1 fully saturated rings. The molecule has 0 saturated heterocycles. The normalized spacial score (nSPS) is 31.6. The van der Waals surface area contributed by atoms with E-state index in [4.69, 9.17) is 0 Å². The van der Waals surface area contributed by atoms with Crippen molar-refractivity contribution < 1.29 is 0 Å². The fraction of sp³-hybridized carbons (Fsp3) is 1.00. The second-order valence-electron chi connectivity index (χ2n) is 6.99. The molecule has 1 nitrogen and oxygen atoms in total. The molecule has 1 aliphatic rings. The molecular weight excluding hydrogens is 182 g/mol. The van der Waals surface area contributed by atoms with Gasteiger partial charge in [-0.15, -0.1) is 0 Å². The van der Waals surface area contributed by atoms with E-state index in [0.29, 0.717) is 11.0 Å². The zero-order chi connectivity index (χ0) is 11.7. The fourth-order valence-electron chi connectivity index (χ4n) is 3.11. The minimum absolute atomic E-state index is 0.303. The Morgan fingerprint density at radius 1 is 1.27 bits per heavy atom. The zero-order valence-corrected chi connectivity index (χ0v) is 11.5. The van der Waals surface area contributed by atoms with E-state index in [-0.39, 0.29) is 0 Å². The summed E-state index contributed by atoms with van der Waals surface area (Å²) in [7, 11) is 0. The fourth-order valence-corrected chi connectivity index (χ4v) is 3.11. The second kappa shape index (κ2) is 4.45. The van der Waals surface area contributed by atoms with Crippen LogP contribution in [0.3, 0.4) is 0 Å². The summed E-state index contributed by atoms with van der Waals surface area (Å²) in [5.41, 5.74) is 0.830. The molecule has 2 atom stereocenters. The Balaban J connectivity index is 2.56. The highest BCUT2D eigenvalue weighted by atomic mass is 15.0. The summed E-state index contributed by atoms with van der Waals surface area (Å²) >= 11 is 0. The van der Waals surface area contributed by atoms with Gasteiger partial charge >= 0.3 is 0 Å². The molecule has 0 radical (unpaired) electrons. The number of hydrogen-bond acceptors (Lipinski definition) is 1. The van der Waals surface area contributed by atoms with Crippen molar-refractivity contribution in [1.29, 1.82) is 0 Å². The van der Waals surface area contributed by atoms with Crippen molar-refractivity contribution in [3.05, 3.63) is 0 Å². The van der Waals surface area contributed by atoms with Gasteiger partial charge in [0.2, 0.25) is 0 Å². The van der Waals surface area contributed by atoms with E-state index in [1.54, 1.807) is 0 Å². The first-order valence-corrected chi connectivity index (χ1v) is 6.52. The van der Waals surface area contributed by atoms with Gasteiger partial charge in [0, 0.05) is 11.6 Å². The van der Waals surface area contributed by atoms with Crippen LogP contribution in [-0.4, -0.2) is 11.6 Å². The maximum atomic E-state index is 3.83. The van der Waals surface area contributed by atoms with Crippen LogP contribution >= 0.6 is 0 Å². The molecule has 1 rings (SSSR count). The van der Waals surface area contributed by atoms with Gasteiger partial charge in [0.1, 0.15) is 0 Å². The molecule has 0 aliphatic heterocycles. The van der Waals surface area contributed by atoms with Crippen LogP contribution in [0.1, 0.15) is 67.2 Å². The Bertz CT molecular complexity index is 205. The molecular formula is C14H29N. The zero-order valence-electron chi connectivity index (χ0n) is 11.5. The Kier molecular flexibility index (Phi) is 3.86. The van der Waals surface area contributed by atoms with Crippen molar-refractivity contribution >= 4 is 0 Å². The predicted molar refractivity (Wildman–Crippen MR) is 68.1 cm³/mol. The highest BCUT2D eigenvalue weighted by Crippen LogP contribution is 2.39. The molecule has 2 unspecified atom stereocenters. The van der Waals surface area contributed by atoms with E-state index in [1.807, 2.05) is 0 Å². The summed E-state index contributed by atoms with van der Waals surface area (Å²) < 4.78 is 0. The van der Waals surface area contributed by atoms with Gasteiger partial charge in [-0.25, -0.2) is 0 Å². The third-order valence-electron chi connectivity index (χ3n) is 3.87. The molecule has 90 valence electrons. The van der Waals surface area contributed by atoms with Gasteiger partial charge in [0.15, 0.2) is 0 Å². The first-order chi connectivity index (χ1) is 6.74. The summed E-state index contributed by atoms with van der Waals surface area (Å²) in [6.07, 6.45) is 5.28. The third-order valence-corrected chi connectivity index (χ3v) is 3.87. The van der Waals surface area contributed by atoms with Crippen molar-refractivity contribution in [3.63, 3.8) is 0 Å². The first-order valence-electron chi connectivity index (χ1n) is 6.52. The predicted octanol–water partition coefficient (Wildman–Crippen LogP) is 3.98. The smallest absolute Gasteiger partial charge is 0.0125 e. The first kappa shape index (κ1) is 13.0. The quantitative estimate of drug-likeness (QED) is 0.744. The summed E-state index contributed by atoms with van der Waals surface area (Å²) in [6, 6.07) is 0.721. The molecule has 0 heterocycles. The topological polar surface area (TPSA) is 12.0 Å². The lowest BCUT2D eigenvalue weighted by atomic mass is 9.70. The van der Waals surface area contributed by atoms with Crippen LogP contribution in [0.15, 0.2) is 0 Å². The van der Waals surface area contributed by atoms with E-state index in [1.165, 1.54) is 25.7 Å². The standard InChI is InChI=1S/C14H29N/c1-7-14(5,6)15-12-8-11(2)9-13(3,4)10-12/h11-12,15H,7-10H2,1-6H3. The molecule has 0 aromatic heterocycles. The maximum Gasteiger partial charge on any atom is 0.0125 e. The van der Waals surface area contributed by atoms with Crippen molar-refractivity contribution in [3.8, 4) is 0 Å². The van der Waals surface area contributed by atoms with E-state index in [0.717, 1.165) is 12.0 Å². The van der Waals surface area contributed by atoms with Crippen LogP contribution in [0.5, 0.6) is 0 Å². The van der Waals surface area contributed by atoms with E-state index < -0.39 is 0 Å². The summed E-state index contributed by atoms with van der Waals surface area (Å²) in [5.74, 6) is 0.874. The second-order valence-corrected chi connectivity index (χ2v) is 6.99. The third kappa shape index (κ3) is 4.14. The molecule has 1 heteroatoms. The Labute approximate surface area is 96.0 Å². The lowest BCUT2D eigenvalue weighted by molar-refractivity contribution is 0.131. The van der Waals surface area contributed by atoms with Crippen LogP contribution in [0.25, 0.3) is 0 Å². The number of nitrogens with one attached hydrogen (secondary N) is 1. The van der Waals surface area contributed by atoms with Crippen LogP contribution < -0.4 is 5.32 Å². The van der Waals surface area contributed by atoms with Crippen molar-refractivity contribution in [2.75, 3.05) is 0 Å².